The van der Waals surface area contributed by atoms with Gasteiger partial charge in [-0.05, 0) is 48.2 Å². The smallest absolute Gasteiger partial charge is 0.243 e. The molecular weight excluding hydrogens is 525 g/mol. The second-order valence-electron chi connectivity index (χ2n) is 9.44. The summed E-state index contributed by atoms with van der Waals surface area (Å²) in [6, 6.07) is 37.8. The molecule has 0 radical (unpaired) electrons. The molecule has 0 atom stereocenters. The van der Waals surface area contributed by atoms with Crippen LogP contribution in [0.2, 0.25) is 0 Å². The van der Waals surface area contributed by atoms with E-state index in [1.54, 1.807) is 34.3 Å². The molecule has 8 heteroatoms. The van der Waals surface area contributed by atoms with Crippen molar-refractivity contribution in [3.05, 3.63) is 126 Å². The number of rotatable bonds is 8. The lowest BCUT2D eigenvalue weighted by Crippen LogP contribution is -2.27. The third kappa shape index (κ3) is 5.28. The van der Waals surface area contributed by atoms with Crippen LogP contribution in [-0.4, -0.2) is 40.6 Å². The highest BCUT2D eigenvalue weighted by Crippen LogP contribution is 2.41. The predicted molar refractivity (Wildman–Crippen MR) is 155 cm³/mol. The molecule has 196 valence electrons. The van der Waals surface area contributed by atoms with Gasteiger partial charge in [-0.2, -0.15) is 4.31 Å². The lowest BCUT2D eigenvalue weighted by atomic mass is 10.0. The molecule has 1 aliphatic rings. The van der Waals surface area contributed by atoms with Gasteiger partial charge in [0.15, 0.2) is 11.0 Å². The van der Waals surface area contributed by atoms with E-state index in [0.29, 0.717) is 24.5 Å². The third-order valence-corrected chi connectivity index (χ3v) is 10.0. The molecule has 0 saturated carbocycles. The fraction of sp³-hybridized carbons (Fsp3) is 0.161. The van der Waals surface area contributed by atoms with E-state index in [4.69, 9.17) is 0 Å². The van der Waals surface area contributed by atoms with Crippen LogP contribution in [0.25, 0.3) is 17.1 Å². The normalized spacial score (nSPS) is 14.2. The highest BCUT2D eigenvalue weighted by molar-refractivity contribution is 7.99. The van der Waals surface area contributed by atoms with E-state index < -0.39 is 10.0 Å². The lowest BCUT2D eigenvalue weighted by Gasteiger charge is -2.19. The molecule has 0 amide bonds. The van der Waals surface area contributed by atoms with Crippen LogP contribution in [0.15, 0.2) is 125 Å². The summed E-state index contributed by atoms with van der Waals surface area (Å²) in [5.74, 6) is 0.599. The highest BCUT2D eigenvalue weighted by atomic mass is 32.2. The number of sulfonamides is 1. The quantitative estimate of drug-likeness (QED) is 0.203. The van der Waals surface area contributed by atoms with E-state index in [9.17, 15) is 8.42 Å². The van der Waals surface area contributed by atoms with Crippen molar-refractivity contribution in [3.8, 4) is 17.1 Å². The monoisotopic (exact) mass is 552 g/mol. The van der Waals surface area contributed by atoms with E-state index in [1.807, 2.05) is 77.4 Å². The van der Waals surface area contributed by atoms with Gasteiger partial charge >= 0.3 is 0 Å². The van der Waals surface area contributed by atoms with Gasteiger partial charge in [-0.1, -0.05) is 103 Å². The summed E-state index contributed by atoms with van der Waals surface area (Å²) in [5, 5.41) is 9.97. The Morgan fingerprint density at radius 3 is 1.90 bits per heavy atom. The summed E-state index contributed by atoms with van der Waals surface area (Å²) >= 11 is 1.62. The van der Waals surface area contributed by atoms with Crippen molar-refractivity contribution in [3.63, 3.8) is 0 Å². The number of aromatic nitrogens is 3. The summed E-state index contributed by atoms with van der Waals surface area (Å²) in [6.45, 7) is 1.13. The minimum atomic E-state index is -3.56. The number of benzene rings is 4. The maximum atomic E-state index is 13.3. The molecule has 0 bridgehead atoms. The fourth-order valence-electron chi connectivity index (χ4n) is 4.91. The highest BCUT2D eigenvalue weighted by Gasteiger charge is 2.28. The first-order valence-electron chi connectivity index (χ1n) is 13.0. The standard InChI is InChI=1S/C31H28N4O2S2/c36-39(37,34-21-10-11-22-34)28-20-12-17-26(23-28)30-32-33-31(35(30)27-18-8-3-9-19-27)38-29(24-13-4-1-5-14-24)25-15-6-2-7-16-25/h1-9,12-20,23,29H,10-11,21-22H2. The number of para-hydroxylation sites is 1. The molecule has 6 nitrogen and oxygen atoms in total. The fourth-order valence-corrected chi connectivity index (χ4v) is 7.65. The van der Waals surface area contributed by atoms with Crippen LogP contribution in [-0.2, 0) is 10.0 Å². The van der Waals surface area contributed by atoms with Gasteiger partial charge in [-0.15, -0.1) is 10.2 Å². The first-order chi connectivity index (χ1) is 19.1. The Balaban J connectivity index is 1.45. The Labute approximate surface area is 233 Å². The molecule has 0 unspecified atom stereocenters. The molecule has 0 aliphatic carbocycles. The van der Waals surface area contributed by atoms with Crippen molar-refractivity contribution in [2.45, 2.75) is 28.1 Å². The Morgan fingerprint density at radius 1 is 0.692 bits per heavy atom. The van der Waals surface area contributed by atoms with Crippen molar-refractivity contribution in [1.29, 1.82) is 0 Å². The van der Waals surface area contributed by atoms with Crippen LogP contribution >= 0.6 is 11.8 Å². The van der Waals surface area contributed by atoms with Gasteiger partial charge in [0.1, 0.15) is 0 Å². The van der Waals surface area contributed by atoms with E-state index in [2.05, 4.69) is 34.5 Å². The molecule has 1 aliphatic heterocycles. The van der Waals surface area contributed by atoms with Crippen LogP contribution in [0.5, 0.6) is 0 Å². The maximum absolute atomic E-state index is 13.3. The zero-order valence-corrected chi connectivity index (χ0v) is 22.9. The van der Waals surface area contributed by atoms with Crippen LogP contribution in [0.4, 0.5) is 0 Å². The minimum absolute atomic E-state index is 0.00575. The average Bonchev–Trinajstić information content (AvgIpc) is 3.69. The first-order valence-corrected chi connectivity index (χ1v) is 15.3. The molecule has 6 rings (SSSR count). The van der Waals surface area contributed by atoms with Gasteiger partial charge in [0.05, 0.1) is 10.1 Å². The summed E-state index contributed by atoms with van der Waals surface area (Å²) < 4.78 is 30.2. The molecule has 5 aromatic rings. The SMILES string of the molecule is O=S(=O)(c1cccc(-c2nnc(SC(c3ccccc3)c3ccccc3)n2-c2ccccc2)c1)N1CCCC1. The minimum Gasteiger partial charge on any atom is -0.270 e. The Morgan fingerprint density at radius 2 is 1.28 bits per heavy atom. The summed E-state index contributed by atoms with van der Waals surface area (Å²) in [7, 11) is -3.56. The average molecular weight is 553 g/mol. The van der Waals surface area contributed by atoms with Gasteiger partial charge in [0.25, 0.3) is 0 Å². The maximum Gasteiger partial charge on any atom is 0.243 e. The van der Waals surface area contributed by atoms with Crippen molar-refractivity contribution in [2.75, 3.05) is 13.1 Å². The second-order valence-corrected chi connectivity index (χ2v) is 12.4. The topological polar surface area (TPSA) is 68.1 Å². The zero-order valence-electron chi connectivity index (χ0n) is 21.3. The van der Waals surface area contributed by atoms with E-state index in [0.717, 1.165) is 34.8 Å². The van der Waals surface area contributed by atoms with Gasteiger partial charge in [-0.25, -0.2) is 8.42 Å². The summed E-state index contributed by atoms with van der Waals surface area (Å²) in [4.78, 5) is 0.283. The van der Waals surface area contributed by atoms with Crippen molar-refractivity contribution < 1.29 is 8.42 Å². The molecule has 39 heavy (non-hydrogen) atoms. The van der Waals surface area contributed by atoms with Gasteiger partial charge < -0.3 is 0 Å². The van der Waals surface area contributed by atoms with E-state index in [1.165, 1.54) is 0 Å². The van der Waals surface area contributed by atoms with Crippen molar-refractivity contribution in [2.24, 2.45) is 0 Å². The van der Waals surface area contributed by atoms with Gasteiger partial charge in [0, 0.05) is 24.3 Å². The Kier molecular flexibility index (Phi) is 7.32. The number of thioether (sulfide) groups is 1. The van der Waals surface area contributed by atoms with Gasteiger partial charge in [-0.3, -0.25) is 4.57 Å². The molecule has 1 aromatic heterocycles. The zero-order chi connectivity index (χ0) is 26.7. The van der Waals surface area contributed by atoms with Crippen molar-refractivity contribution >= 4 is 21.8 Å². The third-order valence-electron chi connectivity index (χ3n) is 6.87. The van der Waals surface area contributed by atoms with Crippen molar-refractivity contribution in [1.82, 2.24) is 19.1 Å². The Bertz CT molecular complexity index is 1610. The predicted octanol–water partition coefficient (Wildman–Crippen LogP) is 6.60. The van der Waals surface area contributed by atoms with Crippen LogP contribution in [0.1, 0.15) is 29.2 Å². The second kappa shape index (κ2) is 11.2. The van der Waals surface area contributed by atoms with Crippen LogP contribution in [0, 0.1) is 0 Å². The summed E-state index contributed by atoms with van der Waals surface area (Å²) in [6.07, 6.45) is 1.79. The summed E-state index contributed by atoms with van der Waals surface area (Å²) in [5.41, 5.74) is 3.94. The number of hydrogen-bond donors (Lipinski definition) is 0. The molecule has 0 N–H and O–H groups in total. The first kappa shape index (κ1) is 25.6. The molecule has 0 spiro atoms. The molecule has 1 fully saturated rings. The number of nitrogens with zero attached hydrogens (tertiary/aromatic N) is 4. The van der Waals surface area contributed by atoms with E-state index >= 15 is 0 Å². The lowest BCUT2D eigenvalue weighted by molar-refractivity contribution is 0.477. The Hall–Kier alpha value is -3.72. The molecule has 2 heterocycles. The van der Waals surface area contributed by atoms with Crippen LogP contribution in [0.3, 0.4) is 0 Å². The van der Waals surface area contributed by atoms with Crippen LogP contribution < -0.4 is 0 Å². The molecule has 1 saturated heterocycles. The number of hydrogen-bond acceptors (Lipinski definition) is 5. The van der Waals surface area contributed by atoms with Gasteiger partial charge in [0.2, 0.25) is 10.0 Å². The largest absolute Gasteiger partial charge is 0.270 e. The molecule has 4 aromatic carbocycles. The molecular formula is C31H28N4O2S2. The van der Waals surface area contributed by atoms with E-state index in [-0.39, 0.29) is 10.1 Å².